The summed E-state index contributed by atoms with van der Waals surface area (Å²) in [5.74, 6) is 0.521. The van der Waals surface area contributed by atoms with E-state index in [0.717, 1.165) is 24.5 Å². The summed E-state index contributed by atoms with van der Waals surface area (Å²) in [6.07, 6.45) is 0.947. The van der Waals surface area contributed by atoms with Gasteiger partial charge in [-0.3, -0.25) is 0 Å². The minimum Gasteiger partial charge on any atom is -0.394 e. The molecule has 0 bridgehead atoms. The minimum absolute atomic E-state index is 0.254. The molecule has 0 aliphatic rings. The average molecular weight is 276 g/mol. The molecule has 0 atom stereocenters. The largest absolute Gasteiger partial charge is 0.394 e. The van der Waals surface area contributed by atoms with Crippen LogP contribution in [-0.2, 0) is 6.54 Å². The van der Waals surface area contributed by atoms with Crippen LogP contribution in [0.15, 0.2) is 24.3 Å². The predicted octanol–water partition coefficient (Wildman–Crippen LogP) is 3.48. The molecule has 2 aromatic rings. The molecule has 5 heteroatoms. The molecular weight excluding hydrogens is 255 g/mol. The van der Waals surface area contributed by atoms with Crippen LogP contribution in [0.25, 0.3) is 0 Å². The number of aromatic nitrogens is 2. The standard InChI is InChI=1S/C15H21FN4/c1-4-10-20-15(14(17)11(3)18-20)19(5-2)13-9-7-6-8-12(13)16/h6-9H,4-5,10,17H2,1-3H3. The number of aryl methyl sites for hydroxylation is 2. The van der Waals surface area contributed by atoms with E-state index in [-0.39, 0.29) is 5.82 Å². The molecule has 0 aliphatic heterocycles. The highest BCUT2D eigenvalue weighted by molar-refractivity contribution is 5.73. The van der Waals surface area contributed by atoms with Crippen molar-refractivity contribution < 1.29 is 4.39 Å². The average Bonchev–Trinajstić information content (AvgIpc) is 2.70. The van der Waals surface area contributed by atoms with E-state index in [2.05, 4.69) is 12.0 Å². The smallest absolute Gasteiger partial charge is 0.155 e. The number of nitrogens with zero attached hydrogens (tertiary/aromatic N) is 3. The first-order valence-electron chi connectivity index (χ1n) is 6.95. The molecule has 1 heterocycles. The second-order valence-electron chi connectivity index (χ2n) is 4.74. The van der Waals surface area contributed by atoms with Crippen LogP contribution in [0.4, 0.5) is 21.6 Å². The van der Waals surface area contributed by atoms with Gasteiger partial charge in [-0.1, -0.05) is 19.1 Å². The normalized spacial score (nSPS) is 10.8. The summed E-state index contributed by atoms with van der Waals surface area (Å²) in [7, 11) is 0. The van der Waals surface area contributed by atoms with E-state index in [1.165, 1.54) is 6.07 Å². The Kier molecular flexibility index (Phi) is 4.27. The minimum atomic E-state index is -0.254. The number of hydrogen-bond donors (Lipinski definition) is 1. The van der Waals surface area contributed by atoms with Gasteiger partial charge in [0.1, 0.15) is 5.82 Å². The summed E-state index contributed by atoms with van der Waals surface area (Å²) in [4.78, 5) is 1.88. The zero-order valence-electron chi connectivity index (χ0n) is 12.2. The lowest BCUT2D eigenvalue weighted by molar-refractivity contribution is 0.590. The Morgan fingerprint density at radius 2 is 2.00 bits per heavy atom. The quantitative estimate of drug-likeness (QED) is 0.909. The summed E-state index contributed by atoms with van der Waals surface area (Å²) < 4.78 is 15.9. The van der Waals surface area contributed by atoms with Gasteiger partial charge in [0.05, 0.1) is 17.1 Å². The first kappa shape index (κ1) is 14.4. The van der Waals surface area contributed by atoms with Crippen molar-refractivity contribution in [2.75, 3.05) is 17.2 Å². The fraction of sp³-hybridized carbons (Fsp3) is 0.400. The van der Waals surface area contributed by atoms with E-state index in [0.29, 0.717) is 17.9 Å². The van der Waals surface area contributed by atoms with E-state index < -0.39 is 0 Å². The molecule has 2 N–H and O–H groups in total. The summed E-state index contributed by atoms with van der Waals surface area (Å²) in [5, 5.41) is 4.45. The Morgan fingerprint density at radius 3 is 2.60 bits per heavy atom. The molecule has 20 heavy (non-hydrogen) atoms. The summed E-state index contributed by atoms with van der Waals surface area (Å²) in [6.45, 7) is 7.32. The van der Waals surface area contributed by atoms with E-state index in [1.807, 2.05) is 29.5 Å². The summed E-state index contributed by atoms with van der Waals surface area (Å²) in [6, 6.07) is 6.73. The van der Waals surface area contributed by atoms with Crippen LogP contribution in [-0.4, -0.2) is 16.3 Å². The zero-order valence-corrected chi connectivity index (χ0v) is 12.2. The van der Waals surface area contributed by atoms with Crippen molar-refractivity contribution >= 4 is 17.2 Å². The number of anilines is 3. The van der Waals surface area contributed by atoms with Gasteiger partial charge in [-0.25, -0.2) is 9.07 Å². The van der Waals surface area contributed by atoms with Crippen molar-refractivity contribution in [1.82, 2.24) is 9.78 Å². The van der Waals surface area contributed by atoms with Crippen molar-refractivity contribution in [3.63, 3.8) is 0 Å². The highest BCUT2D eigenvalue weighted by Gasteiger charge is 2.21. The van der Waals surface area contributed by atoms with Crippen molar-refractivity contribution in [3.8, 4) is 0 Å². The number of nitrogen functional groups attached to an aromatic ring is 1. The first-order chi connectivity index (χ1) is 9.60. The van der Waals surface area contributed by atoms with Crippen LogP contribution in [0.2, 0.25) is 0 Å². The molecule has 2 rings (SSSR count). The van der Waals surface area contributed by atoms with Crippen LogP contribution in [0.1, 0.15) is 26.0 Å². The van der Waals surface area contributed by atoms with Gasteiger partial charge in [0, 0.05) is 13.1 Å². The molecule has 0 fully saturated rings. The predicted molar refractivity (Wildman–Crippen MR) is 80.7 cm³/mol. The van der Waals surface area contributed by atoms with E-state index in [1.54, 1.807) is 12.1 Å². The molecule has 0 amide bonds. The second-order valence-corrected chi connectivity index (χ2v) is 4.74. The monoisotopic (exact) mass is 276 g/mol. The van der Waals surface area contributed by atoms with Gasteiger partial charge in [-0.2, -0.15) is 5.10 Å². The molecule has 4 nitrogen and oxygen atoms in total. The van der Waals surface area contributed by atoms with Gasteiger partial charge >= 0.3 is 0 Å². The molecule has 0 aliphatic carbocycles. The molecule has 0 saturated carbocycles. The topological polar surface area (TPSA) is 47.1 Å². The number of para-hydroxylation sites is 1. The van der Waals surface area contributed by atoms with Gasteiger partial charge in [0.25, 0.3) is 0 Å². The molecule has 0 radical (unpaired) electrons. The van der Waals surface area contributed by atoms with Crippen molar-refractivity contribution in [1.29, 1.82) is 0 Å². The van der Waals surface area contributed by atoms with Crippen LogP contribution >= 0.6 is 0 Å². The van der Waals surface area contributed by atoms with Gasteiger partial charge in [0.2, 0.25) is 0 Å². The summed E-state index contributed by atoms with van der Waals surface area (Å²) >= 11 is 0. The van der Waals surface area contributed by atoms with E-state index in [4.69, 9.17) is 5.73 Å². The van der Waals surface area contributed by atoms with Crippen molar-refractivity contribution in [2.24, 2.45) is 0 Å². The third-order valence-corrected chi connectivity index (χ3v) is 3.30. The lowest BCUT2D eigenvalue weighted by Crippen LogP contribution is -2.22. The summed E-state index contributed by atoms with van der Waals surface area (Å²) in [5.41, 5.74) is 8.07. The number of nitrogens with two attached hydrogens (primary N) is 1. The van der Waals surface area contributed by atoms with Gasteiger partial charge in [-0.15, -0.1) is 0 Å². The Morgan fingerprint density at radius 1 is 1.30 bits per heavy atom. The third kappa shape index (κ3) is 2.48. The fourth-order valence-electron chi connectivity index (χ4n) is 2.34. The maximum absolute atomic E-state index is 14.1. The Labute approximate surface area is 119 Å². The Bertz CT molecular complexity index is 592. The number of rotatable bonds is 5. The Hall–Kier alpha value is -2.04. The fourth-order valence-corrected chi connectivity index (χ4v) is 2.34. The molecule has 0 saturated heterocycles. The van der Waals surface area contributed by atoms with Gasteiger partial charge < -0.3 is 10.6 Å². The van der Waals surface area contributed by atoms with Crippen LogP contribution in [0, 0.1) is 12.7 Å². The molecule has 108 valence electrons. The van der Waals surface area contributed by atoms with Crippen LogP contribution < -0.4 is 10.6 Å². The lowest BCUT2D eigenvalue weighted by atomic mass is 10.2. The van der Waals surface area contributed by atoms with Gasteiger partial charge in [-0.05, 0) is 32.4 Å². The van der Waals surface area contributed by atoms with Crippen LogP contribution in [0.5, 0.6) is 0 Å². The number of hydrogen-bond acceptors (Lipinski definition) is 3. The highest BCUT2D eigenvalue weighted by Crippen LogP contribution is 2.33. The first-order valence-corrected chi connectivity index (χ1v) is 6.95. The maximum Gasteiger partial charge on any atom is 0.155 e. The number of halogens is 1. The highest BCUT2D eigenvalue weighted by atomic mass is 19.1. The van der Waals surface area contributed by atoms with E-state index in [9.17, 15) is 4.39 Å². The maximum atomic E-state index is 14.1. The zero-order chi connectivity index (χ0) is 14.7. The Balaban J connectivity index is 2.55. The lowest BCUT2D eigenvalue weighted by Gasteiger charge is -2.25. The molecule has 0 unspecified atom stereocenters. The molecular formula is C15H21FN4. The number of benzene rings is 1. The second kappa shape index (κ2) is 5.94. The van der Waals surface area contributed by atoms with Crippen molar-refractivity contribution in [2.45, 2.75) is 33.7 Å². The SMILES string of the molecule is CCCn1nc(C)c(N)c1N(CC)c1ccccc1F. The molecule has 0 spiro atoms. The van der Waals surface area contributed by atoms with Crippen LogP contribution in [0.3, 0.4) is 0 Å². The van der Waals surface area contributed by atoms with E-state index >= 15 is 0 Å². The van der Waals surface area contributed by atoms with Crippen molar-refractivity contribution in [3.05, 3.63) is 35.8 Å². The third-order valence-electron chi connectivity index (χ3n) is 3.30. The van der Waals surface area contributed by atoms with Gasteiger partial charge in [0.15, 0.2) is 5.82 Å². The molecule has 1 aromatic carbocycles. The molecule has 1 aromatic heterocycles.